The first kappa shape index (κ1) is 13.1. The van der Waals surface area contributed by atoms with Crippen molar-refractivity contribution in [2.24, 2.45) is 4.99 Å². The summed E-state index contributed by atoms with van der Waals surface area (Å²) in [6, 6.07) is 1.12. The van der Waals surface area contributed by atoms with E-state index in [4.69, 9.17) is 16.3 Å². The summed E-state index contributed by atoms with van der Waals surface area (Å²) in [6.45, 7) is 5.25. The van der Waals surface area contributed by atoms with E-state index in [-0.39, 0.29) is 5.28 Å². The maximum absolute atomic E-state index is 5.72. The molecule has 0 aromatic carbocycles. The Balaban J connectivity index is 2.72. The van der Waals surface area contributed by atoms with Crippen molar-refractivity contribution in [3.05, 3.63) is 17.0 Å². The quantitative estimate of drug-likeness (QED) is 0.461. The molecule has 16 heavy (non-hydrogen) atoms. The van der Waals surface area contributed by atoms with E-state index in [0.29, 0.717) is 12.5 Å². The van der Waals surface area contributed by atoms with Crippen LogP contribution in [-0.4, -0.2) is 38.6 Å². The van der Waals surface area contributed by atoms with E-state index in [2.05, 4.69) is 28.1 Å². The van der Waals surface area contributed by atoms with E-state index in [1.165, 1.54) is 0 Å². The molecular formula is C10H16ClN3OSi. The lowest BCUT2D eigenvalue weighted by Gasteiger charge is -2.08. The Labute approximate surface area is 102 Å². The predicted octanol–water partition coefficient (Wildman–Crippen LogP) is 2.04. The fourth-order valence-electron chi connectivity index (χ4n) is 1.09. The first-order chi connectivity index (χ1) is 7.63. The number of hydrogen-bond acceptors (Lipinski definition) is 4. The third-order valence-electron chi connectivity index (χ3n) is 1.95. The second kappa shape index (κ2) is 6.60. The van der Waals surface area contributed by atoms with E-state index in [1.54, 1.807) is 19.5 Å². The Hall–Kier alpha value is -0.943. The van der Waals surface area contributed by atoms with Gasteiger partial charge in [-0.25, -0.2) is 4.98 Å². The Morgan fingerprint density at radius 2 is 2.31 bits per heavy atom. The van der Waals surface area contributed by atoms with Gasteiger partial charge >= 0.3 is 0 Å². The highest BCUT2D eigenvalue weighted by molar-refractivity contribution is 6.55. The molecule has 0 unspecified atom stereocenters. The summed E-state index contributed by atoms with van der Waals surface area (Å²) in [5.74, 6) is 0.514. The number of halogens is 1. The topological polar surface area (TPSA) is 47.4 Å². The predicted molar refractivity (Wildman–Crippen MR) is 69.7 cm³/mol. The average molecular weight is 258 g/mol. The summed E-state index contributed by atoms with van der Waals surface area (Å²) in [4.78, 5) is 11.9. The maximum Gasteiger partial charge on any atom is 0.226 e. The van der Waals surface area contributed by atoms with Crippen LogP contribution in [0.15, 0.2) is 11.2 Å². The second-order valence-corrected chi connectivity index (χ2v) is 7.52. The van der Waals surface area contributed by atoms with E-state index in [1.807, 2.05) is 0 Å². The van der Waals surface area contributed by atoms with Gasteiger partial charge in [-0.15, -0.1) is 0 Å². The number of aliphatic imine (C=N–C) groups is 1. The largest absolute Gasteiger partial charge is 0.477 e. The lowest BCUT2D eigenvalue weighted by atomic mass is 10.3. The summed E-state index contributed by atoms with van der Waals surface area (Å²) in [5, 5.41) is 0.199. The van der Waals surface area contributed by atoms with Crippen LogP contribution < -0.4 is 4.74 Å². The molecule has 0 N–H and O–H groups in total. The Morgan fingerprint density at radius 3 is 2.94 bits per heavy atom. The number of nitrogens with zero attached hydrogens (tertiary/aromatic N) is 3. The Morgan fingerprint density at radius 1 is 1.56 bits per heavy atom. The van der Waals surface area contributed by atoms with Gasteiger partial charge in [-0.05, 0) is 17.6 Å². The van der Waals surface area contributed by atoms with Crippen LogP contribution in [0.5, 0.6) is 5.88 Å². The lowest BCUT2D eigenvalue weighted by molar-refractivity contribution is 0.324. The fourth-order valence-corrected chi connectivity index (χ4v) is 1.80. The van der Waals surface area contributed by atoms with Crippen LogP contribution in [0.2, 0.25) is 24.4 Å². The van der Waals surface area contributed by atoms with Crippen molar-refractivity contribution in [2.45, 2.75) is 19.1 Å². The van der Waals surface area contributed by atoms with Gasteiger partial charge in [-0.3, -0.25) is 4.99 Å². The first-order valence-corrected chi connectivity index (χ1v) is 8.71. The number of aromatic nitrogens is 2. The summed E-state index contributed by atoms with van der Waals surface area (Å²) in [6.07, 6.45) is 3.28. The third-order valence-corrected chi connectivity index (χ3v) is 3.53. The fraction of sp³-hybridized carbons (Fsp3) is 0.500. The van der Waals surface area contributed by atoms with E-state index in [0.717, 1.165) is 11.6 Å². The molecule has 0 aliphatic carbocycles. The summed E-state index contributed by atoms with van der Waals surface area (Å²) >= 11 is 5.72. The molecule has 1 rings (SSSR count). The average Bonchev–Trinajstić information content (AvgIpc) is 2.21. The van der Waals surface area contributed by atoms with E-state index >= 15 is 0 Å². The van der Waals surface area contributed by atoms with E-state index in [9.17, 15) is 0 Å². The standard InChI is InChI=1S/C10H16ClN3OSi/c1-12-6-8-7-13-10(11)14-9(8)15-4-5-16(2)3/h6-7,16H,4-5H2,1-3H3/b12-6+. The SMILES string of the molecule is C/N=C/c1cnc(Cl)nc1OCC[SiH](C)C. The summed E-state index contributed by atoms with van der Waals surface area (Å²) in [5.41, 5.74) is 0.761. The van der Waals surface area contributed by atoms with Gasteiger partial charge in [0.15, 0.2) is 0 Å². The highest BCUT2D eigenvalue weighted by Crippen LogP contribution is 2.15. The molecule has 0 aliphatic heterocycles. The highest BCUT2D eigenvalue weighted by Gasteiger charge is 2.06. The lowest BCUT2D eigenvalue weighted by Crippen LogP contribution is -2.09. The van der Waals surface area contributed by atoms with Gasteiger partial charge in [0.05, 0.1) is 12.2 Å². The van der Waals surface area contributed by atoms with Crippen LogP contribution in [0, 0.1) is 0 Å². The summed E-state index contributed by atoms with van der Waals surface area (Å²) < 4.78 is 5.59. The van der Waals surface area contributed by atoms with Crippen molar-refractivity contribution < 1.29 is 4.74 Å². The molecule has 1 aromatic rings. The molecule has 1 aromatic heterocycles. The van der Waals surface area contributed by atoms with Crippen molar-refractivity contribution >= 4 is 26.6 Å². The zero-order valence-corrected chi connectivity index (χ0v) is 11.7. The minimum Gasteiger partial charge on any atom is -0.477 e. The van der Waals surface area contributed by atoms with Crippen LogP contribution in [0.25, 0.3) is 0 Å². The molecular weight excluding hydrogens is 242 g/mol. The zero-order chi connectivity index (χ0) is 12.0. The molecule has 0 saturated heterocycles. The molecule has 0 amide bonds. The van der Waals surface area contributed by atoms with Crippen LogP contribution in [0.4, 0.5) is 0 Å². The first-order valence-electron chi connectivity index (χ1n) is 5.21. The van der Waals surface area contributed by atoms with Gasteiger partial charge in [-0.2, -0.15) is 4.98 Å². The van der Waals surface area contributed by atoms with Crippen molar-refractivity contribution in [3.63, 3.8) is 0 Å². The molecule has 0 fully saturated rings. The van der Waals surface area contributed by atoms with Crippen molar-refractivity contribution in [2.75, 3.05) is 13.7 Å². The zero-order valence-electron chi connectivity index (χ0n) is 9.77. The number of rotatable bonds is 5. The summed E-state index contributed by atoms with van der Waals surface area (Å²) in [7, 11) is 1.10. The molecule has 1 heterocycles. The van der Waals surface area contributed by atoms with Crippen LogP contribution >= 0.6 is 11.6 Å². The number of ether oxygens (including phenoxy) is 1. The monoisotopic (exact) mass is 257 g/mol. The van der Waals surface area contributed by atoms with Gasteiger partial charge in [-0.1, -0.05) is 13.1 Å². The Kier molecular flexibility index (Phi) is 5.41. The third kappa shape index (κ3) is 4.28. The normalized spacial score (nSPS) is 11.3. The van der Waals surface area contributed by atoms with Crippen LogP contribution in [0.1, 0.15) is 5.56 Å². The molecule has 0 bridgehead atoms. The van der Waals surface area contributed by atoms with Gasteiger partial charge in [0.2, 0.25) is 11.2 Å². The van der Waals surface area contributed by atoms with E-state index < -0.39 is 8.80 Å². The van der Waals surface area contributed by atoms with Gasteiger partial charge < -0.3 is 4.74 Å². The molecule has 0 atom stereocenters. The van der Waals surface area contributed by atoms with Crippen LogP contribution in [0.3, 0.4) is 0 Å². The molecule has 0 aliphatic rings. The minimum absolute atomic E-state index is 0.199. The van der Waals surface area contributed by atoms with Gasteiger partial charge in [0.25, 0.3) is 0 Å². The van der Waals surface area contributed by atoms with Gasteiger partial charge in [0.1, 0.15) is 0 Å². The maximum atomic E-state index is 5.72. The van der Waals surface area contributed by atoms with Crippen LogP contribution in [-0.2, 0) is 0 Å². The van der Waals surface area contributed by atoms with Crippen molar-refractivity contribution in [3.8, 4) is 5.88 Å². The second-order valence-electron chi connectivity index (χ2n) is 3.82. The minimum atomic E-state index is -0.591. The highest BCUT2D eigenvalue weighted by atomic mass is 35.5. The smallest absolute Gasteiger partial charge is 0.226 e. The van der Waals surface area contributed by atoms with Crippen molar-refractivity contribution in [1.82, 2.24) is 9.97 Å². The molecule has 4 nitrogen and oxygen atoms in total. The molecule has 6 heteroatoms. The molecule has 0 spiro atoms. The molecule has 0 radical (unpaired) electrons. The van der Waals surface area contributed by atoms with Gasteiger partial charge in [0, 0.05) is 28.3 Å². The Bertz CT molecular complexity index is 371. The number of hydrogen-bond donors (Lipinski definition) is 0. The molecule has 88 valence electrons. The van der Waals surface area contributed by atoms with Crippen molar-refractivity contribution in [1.29, 1.82) is 0 Å². The molecule has 0 saturated carbocycles.